The second kappa shape index (κ2) is 6.60. The monoisotopic (exact) mass is 330 g/mol. The average Bonchev–Trinajstić information content (AvgIpc) is 3.16. The fourth-order valence-electron chi connectivity index (χ4n) is 3.15. The Hall–Kier alpha value is -2.41. The first-order valence-electron chi connectivity index (χ1n) is 8.22. The number of amides is 4. The van der Waals surface area contributed by atoms with E-state index in [1.807, 2.05) is 0 Å². The summed E-state index contributed by atoms with van der Waals surface area (Å²) in [6.45, 7) is 4.38. The van der Waals surface area contributed by atoms with Crippen molar-refractivity contribution in [2.45, 2.75) is 25.3 Å². The van der Waals surface area contributed by atoms with Gasteiger partial charge in [-0.2, -0.15) is 0 Å². The minimum atomic E-state index is -1.10. The van der Waals surface area contributed by atoms with Crippen LogP contribution in [0.2, 0.25) is 0 Å². The molecule has 2 saturated heterocycles. The summed E-state index contributed by atoms with van der Waals surface area (Å²) in [5.74, 6) is 0.115. The summed E-state index contributed by atoms with van der Waals surface area (Å²) in [4.78, 5) is 35.4. The molecule has 0 spiro atoms. The zero-order valence-corrected chi connectivity index (χ0v) is 13.6. The summed E-state index contributed by atoms with van der Waals surface area (Å²) >= 11 is 0. The van der Waals surface area contributed by atoms with Crippen molar-refractivity contribution in [1.82, 2.24) is 21.3 Å². The quantitative estimate of drug-likeness (QED) is 0.590. The molecule has 0 radical (unpaired) electrons. The van der Waals surface area contributed by atoms with Gasteiger partial charge < -0.3 is 16.0 Å². The molecule has 128 valence electrons. The fraction of sp³-hybridized carbons (Fsp3) is 0.471. The van der Waals surface area contributed by atoms with Crippen LogP contribution in [0.4, 0.5) is 4.79 Å². The number of hydrogen-bond donors (Lipinski definition) is 4. The van der Waals surface area contributed by atoms with Crippen molar-refractivity contribution < 1.29 is 14.4 Å². The Kier molecular flexibility index (Phi) is 4.53. The highest BCUT2D eigenvalue weighted by Gasteiger charge is 2.43. The molecule has 0 saturated carbocycles. The predicted molar refractivity (Wildman–Crippen MR) is 88.4 cm³/mol. The topological polar surface area (TPSA) is 99.3 Å². The van der Waals surface area contributed by atoms with E-state index in [2.05, 4.69) is 21.3 Å². The normalized spacial score (nSPS) is 26.1. The Morgan fingerprint density at radius 2 is 2.04 bits per heavy atom. The molecule has 7 nitrogen and oxygen atoms in total. The van der Waals surface area contributed by atoms with E-state index in [1.165, 1.54) is 0 Å². The van der Waals surface area contributed by atoms with Gasteiger partial charge in [0.1, 0.15) is 5.54 Å². The van der Waals surface area contributed by atoms with Crippen LogP contribution >= 0.6 is 0 Å². The van der Waals surface area contributed by atoms with Crippen LogP contribution < -0.4 is 21.3 Å². The van der Waals surface area contributed by atoms with Crippen LogP contribution in [0.3, 0.4) is 0 Å². The second-order valence-electron chi connectivity index (χ2n) is 6.51. The van der Waals surface area contributed by atoms with E-state index in [0.29, 0.717) is 23.6 Å². The smallest absolute Gasteiger partial charge is 0.322 e. The largest absolute Gasteiger partial charge is 0.352 e. The number of benzene rings is 1. The highest BCUT2D eigenvalue weighted by atomic mass is 16.2. The van der Waals surface area contributed by atoms with Gasteiger partial charge in [0, 0.05) is 12.1 Å². The zero-order chi connectivity index (χ0) is 17.2. The molecule has 24 heavy (non-hydrogen) atoms. The van der Waals surface area contributed by atoms with Gasteiger partial charge >= 0.3 is 6.03 Å². The van der Waals surface area contributed by atoms with Crippen LogP contribution in [-0.4, -0.2) is 37.5 Å². The molecule has 2 atom stereocenters. The maximum absolute atomic E-state index is 12.2. The minimum absolute atomic E-state index is 0.127. The number of carbonyl (C=O) groups is 3. The molecule has 2 fully saturated rings. The fourth-order valence-corrected chi connectivity index (χ4v) is 3.15. The Bertz CT molecular complexity index is 652. The summed E-state index contributed by atoms with van der Waals surface area (Å²) in [6, 6.07) is 6.23. The van der Waals surface area contributed by atoms with Gasteiger partial charge in [-0.25, -0.2) is 4.79 Å². The van der Waals surface area contributed by atoms with E-state index in [9.17, 15) is 14.4 Å². The van der Waals surface area contributed by atoms with Gasteiger partial charge in [-0.05, 0) is 56.5 Å². The van der Waals surface area contributed by atoms with Gasteiger partial charge in [-0.3, -0.25) is 14.9 Å². The number of hydrogen-bond acceptors (Lipinski definition) is 4. The number of imide groups is 1. The SMILES string of the molecule is CC1(c2ccc(C(=O)NCCC3CCNC3)cc2)NC(=O)NC1=O. The van der Waals surface area contributed by atoms with Crippen molar-refractivity contribution in [3.05, 3.63) is 35.4 Å². The van der Waals surface area contributed by atoms with Gasteiger partial charge in [0.15, 0.2) is 0 Å². The predicted octanol–water partition coefficient (Wildman–Crippen LogP) is 0.471. The van der Waals surface area contributed by atoms with Crippen molar-refractivity contribution in [3.63, 3.8) is 0 Å². The molecule has 4 N–H and O–H groups in total. The summed E-state index contributed by atoms with van der Waals surface area (Å²) in [5.41, 5.74) is 0.0812. The molecule has 0 aliphatic carbocycles. The molecular formula is C17H22N4O3. The molecule has 2 aliphatic heterocycles. The van der Waals surface area contributed by atoms with Gasteiger partial charge in [-0.15, -0.1) is 0 Å². The lowest BCUT2D eigenvalue weighted by atomic mass is 9.91. The molecule has 1 aromatic rings. The average molecular weight is 330 g/mol. The standard InChI is InChI=1S/C17H22N4O3/c1-17(15(23)20-16(24)21-17)13-4-2-12(3-5-13)14(22)19-9-7-11-6-8-18-10-11/h2-5,11,18H,6-10H2,1H3,(H,19,22)(H2,20,21,23,24). The van der Waals surface area contributed by atoms with E-state index in [4.69, 9.17) is 0 Å². The highest BCUT2D eigenvalue weighted by Crippen LogP contribution is 2.24. The number of urea groups is 1. The Balaban J connectivity index is 1.58. The molecule has 1 aromatic carbocycles. The zero-order valence-electron chi connectivity index (χ0n) is 13.6. The molecule has 2 heterocycles. The molecule has 3 rings (SSSR count). The third-order valence-corrected chi connectivity index (χ3v) is 4.77. The third kappa shape index (κ3) is 3.26. The first-order valence-corrected chi connectivity index (χ1v) is 8.22. The molecule has 2 aliphatic rings. The van der Waals surface area contributed by atoms with Crippen molar-refractivity contribution in [2.75, 3.05) is 19.6 Å². The van der Waals surface area contributed by atoms with Crippen LogP contribution in [-0.2, 0) is 10.3 Å². The van der Waals surface area contributed by atoms with Crippen molar-refractivity contribution in [2.24, 2.45) is 5.92 Å². The lowest BCUT2D eigenvalue weighted by Gasteiger charge is -2.21. The first-order chi connectivity index (χ1) is 11.5. The van der Waals surface area contributed by atoms with Crippen molar-refractivity contribution in [1.29, 1.82) is 0 Å². The first kappa shape index (κ1) is 16.4. The Morgan fingerprint density at radius 1 is 1.29 bits per heavy atom. The van der Waals surface area contributed by atoms with E-state index in [1.54, 1.807) is 31.2 Å². The number of nitrogens with one attached hydrogen (secondary N) is 4. The molecule has 0 aromatic heterocycles. The van der Waals surface area contributed by atoms with Crippen LogP contribution in [0.1, 0.15) is 35.7 Å². The van der Waals surface area contributed by atoms with Crippen LogP contribution in [0.15, 0.2) is 24.3 Å². The summed E-state index contributed by atoms with van der Waals surface area (Å²) in [6.07, 6.45) is 2.14. The molecule has 0 bridgehead atoms. The Labute approximate surface area is 140 Å². The number of rotatable bonds is 5. The summed E-state index contributed by atoms with van der Waals surface area (Å²) in [5, 5.41) is 11.1. The molecule has 7 heteroatoms. The van der Waals surface area contributed by atoms with Crippen LogP contribution in [0, 0.1) is 5.92 Å². The van der Waals surface area contributed by atoms with Crippen LogP contribution in [0.5, 0.6) is 0 Å². The van der Waals surface area contributed by atoms with E-state index in [-0.39, 0.29) is 5.91 Å². The van der Waals surface area contributed by atoms with Gasteiger partial charge in [0.05, 0.1) is 0 Å². The van der Waals surface area contributed by atoms with Crippen molar-refractivity contribution >= 4 is 17.8 Å². The van der Waals surface area contributed by atoms with Gasteiger partial charge in [-0.1, -0.05) is 12.1 Å². The minimum Gasteiger partial charge on any atom is -0.352 e. The third-order valence-electron chi connectivity index (χ3n) is 4.77. The van der Waals surface area contributed by atoms with E-state index >= 15 is 0 Å². The highest BCUT2D eigenvalue weighted by molar-refractivity contribution is 6.07. The summed E-state index contributed by atoms with van der Waals surface area (Å²) < 4.78 is 0. The molecule has 2 unspecified atom stereocenters. The maximum Gasteiger partial charge on any atom is 0.322 e. The maximum atomic E-state index is 12.2. The Morgan fingerprint density at radius 3 is 2.62 bits per heavy atom. The second-order valence-corrected chi connectivity index (χ2v) is 6.51. The van der Waals surface area contributed by atoms with E-state index < -0.39 is 17.5 Å². The van der Waals surface area contributed by atoms with Gasteiger partial charge in [0.25, 0.3) is 11.8 Å². The lowest BCUT2D eigenvalue weighted by molar-refractivity contribution is -0.123. The summed E-state index contributed by atoms with van der Waals surface area (Å²) in [7, 11) is 0. The molecule has 4 amide bonds. The lowest BCUT2D eigenvalue weighted by Crippen LogP contribution is -2.40. The number of carbonyl (C=O) groups excluding carboxylic acids is 3. The van der Waals surface area contributed by atoms with Crippen molar-refractivity contribution in [3.8, 4) is 0 Å². The van der Waals surface area contributed by atoms with Gasteiger partial charge in [0.2, 0.25) is 0 Å². The van der Waals surface area contributed by atoms with Crippen LogP contribution in [0.25, 0.3) is 0 Å². The van der Waals surface area contributed by atoms with E-state index in [0.717, 1.165) is 25.9 Å². The molecular weight excluding hydrogens is 308 g/mol.